The Kier molecular flexibility index (Phi) is 5.64. The molecular weight excluding hydrogens is 384 g/mol. The van der Waals surface area contributed by atoms with Gasteiger partial charge >= 0.3 is 0 Å². The van der Waals surface area contributed by atoms with Crippen molar-refractivity contribution in [2.24, 2.45) is 0 Å². The van der Waals surface area contributed by atoms with Gasteiger partial charge in [-0.05, 0) is 50.2 Å². The van der Waals surface area contributed by atoms with Crippen molar-refractivity contribution in [1.29, 1.82) is 0 Å². The highest BCUT2D eigenvalue weighted by Gasteiger charge is 2.29. The summed E-state index contributed by atoms with van der Waals surface area (Å²) in [5, 5.41) is 2.72. The molecule has 8 nitrogen and oxygen atoms in total. The van der Waals surface area contributed by atoms with Crippen molar-refractivity contribution in [3.63, 3.8) is 0 Å². The lowest BCUT2D eigenvalue weighted by atomic mass is 10.2. The number of carbonyl (C=O) groups excluding carboxylic acids is 1. The van der Waals surface area contributed by atoms with Crippen molar-refractivity contribution in [2.75, 3.05) is 29.3 Å². The molecule has 3 rings (SSSR count). The van der Waals surface area contributed by atoms with E-state index in [1.54, 1.807) is 42.5 Å². The normalized spacial score (nSPS) is 13.7. The molecule has 0 saturated carbocycles. The number of amides is 1. The van der Waals surface area contributed by atoms with Gasteiger partial charge < -0.3 is 19.5 Å². The molecule has 28 heavy (non-hydrogen) atoms. The van der Waals surface area contributed by atoms with Crippen LogP contribution in [0.1, 0.15) is 13.8 Å². The van der Waals surface area contributed by atoms with E-state index in [-0.39, 0.29) is 6.79 Å². The Morgan fingerprint density at radius 1 is 1.18 bits per heavy atom. The van der Waals surface area contributed by atoms with E-state index in [2.05, 4.69) is 5.32 Å². The molecule has 1 unspecified atom stereocenters. The first-order valence-electron chi connectivity index (χ1n) is 8.72. The largest absolute Gasteiger partial charge is 0.494 e. The standard InChI is InChI=1S/C19H22N2O6S/c1-4-25-16-8-6-15(7-9-16)21(28(3,23)24)13(2)19(22)20-14-5-10-17-18(11-14)27-12-26-17/h5-11,13H,4,12H2,1-3H3,(H,20,22). The molecule has 150 valence electrons. The van der Waals surface area contributed by atoms with E-state index >= 15 is 0 Å². The molecule has 0 aromatic heterocycles. The lowest BCUT2D eigenvalue weighted by Crippen LogP contribution is -2.45. The zero-order valence-corrected chi connectivity index (χ0v) is 16.7. The van der Waals surface area contributed by atoms with Crippen LogP contribution in [0.25, 0.3) is 0 Å². The molecule has 2 aromatic carbocycles. The summed E-state index contributed by atoms with van der Waals surface area (Å²) in [7, 11) is -3.70. The second kappa shape index (κ2) is 7.97. The first-order valence-corrected chi connectivity index (χ1v) is 10.6. The van der Waals surface area contributed by atoms with Gasteiger partial charge in [0.15, 0.2) is 11.5 Å². The van der Waals surface area contributed by atoms with Crippen LogP contribution in [-0.4, -0.2) is 40.0 Å². The number of rotatable bonds is 7. The quantitative estimate of drug-likeness (QED) is 0.760. The Balaban J connectivity index is 1.81. The molecule has 0 fully saturated rings. The van der Waals surface area contributed by atoms with Gasteiger partial charge in [0, 0.05) is 11.8 Å². The molecule has 2 aromatic rings. The first-order chi connectivity index (χ1) is 13.3. The number of hydrogen-bond donors (Lipinski definition) is 1. The van der Waals surface area contributed by atoms with E-state index in [9.17, 15) is 13.2 Å². The zero-order valence-electron chi connectivity index (χ0n) is 15.8. The third kappa shape index (κ3) is 4.30. The average Bonchev–Trinajstić information content (AvgIpc) is 3.10. The van der Waals surface area contributed by atoms with E-state index in [0.717, 1.165) is 10.6 Å². The second-order valence-corrected chi connectivity index (χ2v) is 8.08. The minimum absolute atomic E-state index is 0.128. The highest BCUT2D eigenvalue weighted by molar-refractivity contribution is 7.92. The monoisotopic (exact) mass is 406 g/mol. The summed E-state index contributed by atoms with van der Waals surface area (Å²) in [4.78, 5) is 12.7. The minimum atomic E-state index is -3.70. The van der Waals surface area contributed by atoms with Crippen LogP contribution in [0.5, 0.6) is 17.2 Å². The summed E-state index contributed by atoms with van der Waals surface area (Å²) in [5.74, 6) is 1.27. The van der Waals surface area contributed by atoms with Crippen molar-refractivity contribution < 1.29 is 27.4 Å². The zero-order chi connectivity index (χ0) is 20.3. The molecule has 1 atom stereocenters. The number of ether oxygens (including phenoxy) is 3. The predicted octanol–water partition coefficient (Wildman–Crippen LogP) is 2.61. The van der Waals surface area contributed by atoms with Crippen LogP contribution in [0.4, 0.5) is 11.4 Å². The number of benzene rings is 2. The van der Waals surface area contributed by atoms with E-state index < -0.39 is 22.0 Å². The molecule has 0 radical (unpaired) electrons. The van der Waals surface area contributed by atoms with E-state index in [4.69, 9.17) is 14.2 Å². The topological polar surface area (TPSA) is 94.2 Å². The molecule has 0 saturated heterocycles. The lowest BCUT2D eigenvalue weighted by molar-refractivity contribution is -0.116. The van der Waals surface area contributed by atoms with Crippen LogP contribution in [0.3, 0.4) is 0 Å². The van der Waals surface area contributed by atoms with Crippen LogP contribution in [0, 0.1) is 0 Å². The van der Waals surface area contributed by atoms with Crippen molar-refractivity contribution in [2.45, 2.75) is 19.9 Å². The van der Waals surface area contributed by atoms with Gasteiger partial charge in [0.25, 0.3) is 0 Å². The molecule has 1 heterocycles. The van der Waals surface area contributed by atoms with E-state index in [0.29, 0.717) is 35.2 Å². The molecule has 1 amide bonds. The number of hydrogen-bond acceptors (Lipinski definition) is 6. The van der Waals surface area contributed by atoms with E-state index in [1.165, 1.54) is 6.92 Å². The first kappa shape index (κ1) is 19.8. The van der Waals surface area contributed by atoms with Crippen LogP contribution in [-0.2, 0) is 14.8 Å². The molecule has 9 heteroatoms. The SMILES string of the molecule is CCOc1ccc(N(C(C)C(=O)Nc2ccc3c(c2)OCO3)S(C)(=O)=O)cc1. The average molecular weight is 406 g/mol. The Morgan fingerprint density at radius 3 is 2.50 bits per heavy atom. The summed E-state index contributed by atoms with van der Waals surface area (Å²) < 4.78 is 41.7. The van der Waals surface area contributed by atoms with E-state index in [1.807, 2.05) is 6.92 Å². The summed E-state index contributed by atoms with van der Waals surface area (Å²) in [6.07, 6.45) is 1.06. The Hall–Kier alpha value is -2.94. The highest BCUT2D eigenvalue weighted by atomic mass is 32.2. The van der Waals surface area contributed by atoms with Crippen LogP contribution >= 0.6 is 0 Å². The summed E-state index contributed by atoms with van der Waals surface area (Å²) in [6, 6.07) is 10.6. The van der Waals surface area contributed by atoms with Gasteiger partial charge in [-0.25, -0.2) is 8.42 Å². The van der Waals surface area contributed by atoms with Gasteiger partial charge in [0.2, 0.25) is 22.7 Å². The predicted molar refractivity (Wildman–Crippen MR) is 106 cm³/mol. The number of fused-ring (bicyclic) bond motifs is 1. The van der Waals surface area contributed by atoms with Crippen molar-refractivity contribution >= 4 is 27.3 Å². The van der Waals surface area contributed by atoms with Gasteiger partial charge in [-0.1, -0.05) is 0 Å². The molecule has 0 bridgehead atoms. The Morgan fingerprint density at radius 2 is 1.86 bits per heavy atom. The molecule has 0 aliphatic carbocycles. The van der Waals surface area contributed by atoms with Crippen LogP contribution in [0.15, 0.2) is 42.5 Å². The fraction of sp³-hybridized carbons (Fsp3) is 0.316. The van der Waals surface area contributed by atoms with Crippen LogP contribution in [0.2, 0.25) is 0 Å². The number of sulfonamides is 1. The van der Waals surface area contributed by atoms with Gasteiger partial charge in [0.05, 0.1) is 18.6 Å². The fourth-order valence-electron chi connectivity index (χ4n) is 2.89. The molecule has 0 spiro atoms. The third-order valence-corrected chi connectivity index (χ3v) is 5.37. The Labute approximate surface area is 164 Å². The summed E-state index contributed by atoms with van der Waals surface area (Å²) in [6.45, 7) is 4.02. The maximum absolute atomic E-state index is 12.7. The molecule has 1 aliphatic rings. The highest BCUT2D eigenvalue weighted by Crippen LogP contribution is 2.34. The fourth-order valence-corrected chi connectivity index (χ4v) is 4.06. The van der Waals surface area contributed by atoms with Crippen molar-refractivity contribution in [3.05, 3.63) is 42.5 Å². The minimum Gasteiger partial charge on any atom is -0.494 e. The van der Waals surface area contributed by atoms with Gasteiger partial charge in [-0.2, -0.15) is 0 Å². The molecule has 1 aliphatic heterocycles. The van der Waals surface area contributed by atoms with Crippen molar-refractivity contribution in [3.8, 4) is 17.2 Å². The Bertz CT molecular complexity index is 959. The maximum atomic E-state index is 12.7. The second-order valence-electron chi connectivity index (χ2n) is 6.22. The number of anilines is 2. The van der Waals surface area contributed by atoms with Crippen LogP contribution < -0.4 is 23.8 Å². The third-order valence-electron chi connectivity index (χ3n) is 4.13. The smallest absolute Gasteiger partial charge is 0.247 e. The maximum Gasteiger partial charge on any atom is 0.247 e. The number of carbonyl (C=O) groups is 1. The number of nitrogens with one attached hydrogen (secondary N) is 1. The molecule has 1 N–H and O–H groups in total. The summed E-state index contributed by atoms with van der Waals surface area (Å²) >= 11 is 0. The van der Waals surface area contributed by atoms with Gasteiger partial charge in [-0.3, -0.25) is 9.10 Å². The summed E-state index contributed by atoms with van der Waals surface area (Å²) in [5.41, 5.74) is 0.862. The van der Waals surface area contributed by atoms with Gasteiger partial charge in [0.1, 0.15) is 11.8 Å². The number of nitrogens with zero attached hydrogens (tertiary/aromatic N) is 1. The van der Waals surface area contributed by atoms with Crippen molar-refractivity contribution in [1.82, 2.24) is 0 Å². The van der Waals surface area contributed by atoms with Gasteiger partial charge in [-0.15, -0.1) is 0 Å². The molecular formula is C19H22N2O6S. The lowest BCUT2D eigenvalue weighted by Gasteiger charge is -2.28.